The van der Waals surface area contributed by atoms with Crippen LogP contribution < -0.4 is 10.1 Å². The monoisotopic (exact) mass is 494 g/mol. The van der Waals surface area contributed by atoms with E-state index in [4.69, 9.17) is 16.3 Å². The van der Waals surface area contributed by atoms with Gasteiger partial charge < -0.3 is 15.0 Å². The third-order valence-electron chi connectivity index (χ3n) is 6.48. The molecule has 7 heteroatoms. The van der Waals surface area contributed by atoms with E-state index in [1.54, 1.807) is 41.3 Å². The van der Waals surface area contributed by atoms with Crippen molar-refractivity contribution in [3.8, 4) is 5.75 Å². The van der Waals surface area contributed by atoms with Gasteiger partial charge in [0.1, 0.15) is 11.6 Å². The minimum atomic E-state index is -0.630. The van der Waals surface area contributed by atoms with Gasteiger partial charge in [0.15, 0.2) is 6.61 Å². The summed E-state index contributed by atoms with van der Waals surface area (Å²) in [6.45, 7) is 1.20. The van der Waals surface area contributed by atoms with Crippen molar-refractivity contribution in [2.75, 3.05) is 19.7 Å². The zero-order valence-electron chi connectivity index (χ0n) is 19.4. The summed E-state index contributed by atoms with van der Waals surface area (Å²) in [5.74, 6) is 0.117. The molecular formula is C28H28ClFN2O3. The third-order valence-corrected chi connectivity index (χ3v) is 6.73. The zero-order chi connectivity index (χ0) is 24.7. The topological polar surface area (TPSA) is 58.6 Å². The van der Waals surface area contributed by atoms with Crippen molar-refractivity contribution in [2.24, 2.45) is 5.41 Å². The molecule has 0 unspecified atom stereocenters. The summed E-state index contributed by atoms with van der Waals surface area (Å²) in [4.78, 5) is 28.0. The van der Waals surface area contributed by atoms with Crippen LogP contribution in [0.25, 0.3) is 0 Å². The van der Waals surface area contributed by atoms with Crippen LogP contribution in [0, 0.1) is 11.2 Å². The number of hydrogen-bond donors (Lipinski definition) is 1. The number of nitrogens with one attached hydrogen (secondary N) is 1. The first-order chi connectivity index (χ1) is 16.9. The van der Waals surface area contributed by atoms with Gasteiger partial charge in [-0.05, 0) is 66.8 Å². The van der Waals surface area contributed by atoms with Crippen LogP contribution >= 0.6 is 11.6 Å². The Kier molecular flexibility index (Phi) is 8.03. The number of likely N-dealkylation sites (tertiary alicyclic amines) is 1. The first-order valence-electron chi connectivity index (χ1n) is 11.7. The maximum absolute atomic E-state index is 13.5. The van der Waals surface area contributed by atoms with Crippen molar-refractivity contribution < 1.29 is 18.7 Å². The van der Waals surface area contributed by atoms with Crippen LogP contribution in [-0.4, -0.2) is 36.4 Å². The first-order valence-corrected chi connectivity index (χ1v) is 12.0. The van der Waals surface area contributed by atoms with Crippen LogP contribution in [-0.2, 0) is 22.6 Å². The van der Waals surface area contributed by atoms with Gasteiger partial charge in [-0.3, -0.25) is 9.59 Å². The number of halogens is 2. The largest absolute Gasteiger partial charge is 0.484 e. The smallest absolute Gasteiger partial charge is 0.260 e. The molecule has 2 amide bonds. The molecule has 0 saturated carbocycles. The Morgan fingerprint density at radius 1 is 0.914 bits per heavy atom. The molecule has 1 saturated heterocycles. The SMILES string of the molecule is O=C(COc1ccc(Cl)cc1)N1CCC(Cc2ccccc2)(C(=O)NCc2ccc(F)cc2)CC1. The highest BCUT2D eigenvalue weighted by Gasteiger charge is 2.42. The lowest BCUT2D eigenvalue weighted by atomic mass is 9.73. The van der Waals surface area contributed by atoms with Crippen LogP contribution in [0.1, 0.15) is 24.0 Å². The molecule has 1 aliphatic rings. The van der Waals surface area contributed by atoms with Gasteiger partial charge in [0.05, 0.1) is 5.41 Å². The Hall–Kier alpha value is -3.38. The molecule has 1 aliphatic heterocycles. The minimum Gasteiger partial charge on any atom is -0.484 e. The Bertz CT molecular complexity index is 1130. The average Bonchev–Trinajstić information content (AvgIpc) is 2.88. The number of rotatable bonds is 8. The van der Waals surface area contributed by atoms with Gasteiger partial charge in [-0.2, -0.15) is 0 Å². The molecule has 3 aromatic carbocycles. The highest BCUT2D eigenvalue weighted by molar-refractivity contribution is 6.30. The van der Waals surface area contributed by atoms with E-state index in [0.29, 0.717) is 49.7 Å². The highest BCUT2D eigenvalue weighted by atomic mass is 35.5. The minimum absolute atomic E-state index is 0.0461. The van der Waals surface area contributed by atoms with Crippen LogP contribution in [0.3, 0.4) is 0 Å². The van der Waals surface area contributed by atoms with E-state index in [1.165, 1.54) is 12.1 Å². The Morgan fingerprint density at radius 3 is 2.23 bits per heavy atom. The summed E-state index contributed by atoms with van der Waals surface area (Å²) in [7, 11) is 0. The first kappa shape index (κ1) is 24.7. The molecule has 0 bridgehead atoms. The van der Waals surface area contributed by atoms with Crippen LogP contribution in [0.2, 0.25) is 5.02 Å². The second-order valence-electron chi connectivity index (χ2n) is 8.88. The highest BCUT2D eigenvalue weighted by Crippen LogP contribution is 2.36. The summed E-state index contributed by atoms with van der Waals surface area (Å²) in [6.07, 6.45) is 1.68. The second kappa shape index (κ2) is 11.4. The molecule has 0 radical (unpaired) electrons. The number of carbonyl (C=O) groups excluding carboxylic acids is 2. The van der Waals surface area contributed by atoms with Crippen molar-refractivity contribution in [1.82, 2.24) is 10.2 Å². The predicted octanol–water partition coefficient (Wildman–Crippen LogP) is 5.03. The molecule has 4 rings (SSSR count). The van der Waals surface area contributed by atoms with Gasteiger partial charge in [0.2, 0.25) is 5.91 Å². The lowest BCUT2D eigenvalue weighted by Gasteiger charge is -2.41. The van der Waals surface area contributed by atoms with Crippen molar-refractivity contribution in [1.29, 1.82) is 0 Å². The van der Waals surface area contributed by atoms with Crippen LogP contribution in [0.4, 0.5) is 4.39 Å². The summed E-state index contributed by atoms with van der Waals surface area (Å²) in [5, 5.41) is 3.65. The number of amides is 2. The van der Waals surface area contributed by atoms with Gasteiger partial charge in [-0.25, -0.2) is 4.39 Å². The van der Waals surface area contributed by atoms with E-state index in [9.17, 15) is 14.0 Å². The quantitative estimate of drug-likeness (QED) is 0.478. The maximum atomic E-state index is 13.5. The van der Waals surface area contributed by atoms with Crippen molar-refractivity contribution >= 4 is 23.4 Å². The molecular weight excluding hydrogens is 467 g/mol. The van der Waals surface area contributed by atoms with Crippen molar-refractivity contribution in [3.05, 3.63) is 101 Å². The molecule has 0 atom stereocenters. The molecule has 0 aliphatic carbocycles. The van der Waals surface area contributed by atoms with Gasteiger partial charge >= 0.3 is 0 Å². The van der Waals surface area contributed by atoms with Gasteiger partial charge in [0.25, 0.3) is 5.91 Å². The summed E-state index contributed by atoms with van der Waals surface area (Å²) < 4.78 is 18.8. The van der Waals surface area contributed by atoms with Crippen LogP contribution in [0.15, 0.2) is 78.9 Å². The Labute approximate surface area is 209 Å². The summed E-state index contributed by atoms with van der Waals surface area (Å²) in [6, 6.07) is 22.9. The lowest BCUT2D eigenvalue weighted by molar-refractivity contribution is -0.141. The standard InChI is InChI=1S/C28H28ClFN2O3/c29-23-8-12-25(13-9-23)35-20-26(33)32-16-14-28(15-17-32,18-21-4-2-1-3-5-21)27(34)31-19-22-6-10-24(30)11-7-22/h1-13H,14-20H2,(H,31,34). The number of nitrogens with zero attached hydrogens (tertiary/aromatic N) is 1. The fourth-order valence-corrected chi connectivity index (χ4v) is 4.52. The molecule has 1 fully saturated rings. The number of piperidine rings is 1. The number of carbonyl (C=O) groups is 2. The summed E-state index contributed by atoms with van der Waals surface area (Å²) >= 11 is 5.89. The third kappa shape index (κ3) is 6.61. The number of hydrogen-bond acceptors (Lipinski definition) is 3. The molecule has 35 heavy (non-hydrogen) atoms. The summed E-state index contributed by atoms with van der Waals surface area (Å²) in [5.41, 5.74) is 1.28. The van der Waals surface area contributed by atoms with Gasteiger partial charge in [-0.1, -0.05) is 54.1 Å². The van der Waals surface area contributed by atoms with E-state index >= 15 is 0 Å². The fourth-order valence-electron chi connectivity index (χ4n) is 4.39. The van der Waals surface area contributed by atoms with E-state index in [1.807, 2.05) is 30.3 Å². The normalized spacial score (nSPS) is 14.9. The molecule has 0 spiro atoms. The molecule has 182 valence electrons. The van der Waals surface area contributed by atoms with Gasteiger partial charge in [-0.15, -0.1) is 0 Å². The van der Waals surface area contributed by atoms with Crippen molar-refractivity contribution in [2.45, 2.75) is 25.8 Å². The molecule has 3 aromatic rings. The van der Waals surface area contributed by atoms with Gasteiger partial charge in [0, 0.05) is 24.7 Å². The van der Waals surface area contributed by atoms with E-state index in [0.717, 1.165) is 11.1 Å². The molecule has 0 aromatic heterocycles. The fraction of sp³-hybridized carbons (Fsp3) is 0.286. The maximum Gasteiger partial charge on any atom is 0.260 e. The number of ether oxygens (including phenoxy) is 1. The van der Waals surface area contributed by atoms with E-state index in [-0.39, 0.29) is 24.2 Å². The number of benzene rings is 3. The Morgan fingerprint density at radius 2 is 1.57 bits per heavy atom. The van der Waals surface area contributed by atoms with Crippen LogP contribution in [0.5, 0.6) is 5.75 Å². The average molecular weight is 495 g/mol. The zero-order valence-corrected chi connectivity index (χ0v) is 20.1. The van der Waals surface area contributed by atoms with E-state index < -0.39 is 5.41 Å². The molecule has 1 N–H and O–H groups in total. The lowest BCUT2D eigenvalue weighted by Crippen LogP contribution is -2.51. The Balaban J connectivity index is 1.39. The van der Waals surface area contributed by atoms with Crippen molar-refractivity contribution in [3.63, 3.8) is 0 Å². The predicted molar refractivity (Wildman–Crippen MR) is 134 cm³/mol. The molecule has 1 heterocycles. The molecule has 5 nitrogen and oxygen atoms in total. The second-order valence-corrected chi connectivity index (χ2v) is 9.31. The van der Waals surface area contributed by atoms with E-state index in [2.05, 4.69) is 5.32 Å².